The summed E-state index contributed by atoms with van der Waals surface area (Å²) in [5.74, 6) is 0.962. The number of carbonyl (C=O) groups excluding carboxylic acids is 1. The van der Waals surface area contributed by atoms with Gasteiger partial charge < -0.3 is 14.5 Å². The molecule has 6 heteroatoms. The van der Waals surface area contributed by atoms with Crippen molar-refractivity contribution in [1.82, 2.24) is 14.9 Å². The number of benzene rings is 1. The summed E-state index contributed by atoms with van der Waals surface area (Å²) in [4.78, 5) is 26.8. The molecule has 152 valence electrons. The predicted molar refractivity (Wildman–Crippen MR) is 111 cm³/mol. The van der Waals surface area contributed by atoms with Crippen LogP contribution in [0.4, 0.5) is 5.69 Å². The lowest BCUT2D eigenvalue weighted by Gasteiger charge is -2.40. The van der Waals surface area contributed by atoms with Crippen LogP contribution in [0.2, 0.25) is 0 Å². The van der Waals surface area contributed by atoms with Crippen LogP contribution < -0.4 is 4.90 Å². The fourth-order valence-electron chi connectivity index (χ4n) is 5.15. The normalized spacial score (nSPS) is 24.0. The molecule has 2 aliphatic heterocycles. The standard InChI is InChI=1S/C23H28N4O2/c1-17-24-15-19-7-9-23(21(19)25-17)8-2-10-27(16-23)22(28)18-3-5-20(6-4-18)26-11-13-29-14-12-26/h3-6,15H,2,7-14,16H2,1H3. The number of piperidine rings is 1. The van der Waals surface area contributed by atoms with Crippen LogP contribution in [0, 0.1) is 6.92 Å². The van der Waals surface area contributed by atoms with Gasteiger partial charge in [0.05, 0.1) is 18.9 Å². The van der Waals surface area contributed by atoms with E-state index in [4.69, 9.17) is 9.72 Å². The lowest BCUT2D eigenvalue weighted by Crippen LogP contribution is -2.48. The van der Waals surface area contributed by atoms with Crippen molar-refractivity contribution in [1.29, 1.82) is 0 Å². The molecule has 1 aromatic carbocycles. The van der Waals surface area contributed by atoms with Crippen LogP contribution in [0.15, 0.2) is 30.5 Å². The Bertz CT molecular complexity index is 904. The van der Waals surface area contributed by atoms with Crippen molar-refractivity contribution in [2.24, 2.45) is 0 Å². The number of hydrogen-bond donors (Lipinski definition) is 0. The van der Waals surface area contributed by atoms with Crippen LogP contribution in [-0.4, -0.2) is 60.2 Å². The zero-order chi connectivity index (χ0) is 19.8. The first-order valence-corrected chi connectivity index (χ1v) is 10.7. The molecule has 3 heterocycles. The molecule has 1 amide bonds. The van der Waals surface area contributed by atoms with E-state index in [1.54, 1.807) is 0 Å². The number of fused-ring (bicyclic) bond motifs is 2. The van der Waals surface area contributed by atoms with Crippen molar-refractivity contribution >= 4 is 11.6 Å². The Hall–Kier alpha value is -2.47. The molecule has 0 radical (unpaired) electrons. The van der Waals surface area contributed by atoms with Gasteiger partial charge in [0.25, 0.3) is 5.91 Å². The summed E-state index contributed by atoms with van der Waals surface area (Å²) in [5, 5.41) is 0. The van der Waals surface area contributed by atoms with E-state index in [0.717, 1.165) is 82.2 Å². The third-order valence-corrected chi connectivity index (χ3v) is 6.71. The average molecular weight is 393 g/mol. The first-order chi connectivity index (χ1) is 14.1. The van der Waals surface area contributed by atoms with Crippen LogP contribution >= 0.6 is 0 Å². The number of likely N-dealkylation sites (tertiary alicyclic amines) is 1. The molecular formula is C23H28N4O2. The summed E-state index contributed by atoms with van der Waals surface area (Å²) < 4.78 is 5.43. The Kier molecular flexibility index (Phi) is 4.74. The highest BCUT2D eigenvalue weighted by Crippen LogP contribution is 2.44. The lowest BCUT2D eigenvalue weighted by atomic mass is 9.77. The number of nitrogens with zero attached hydrogens (tertiary/aromatic N) is 4. The molecule has 2 fully saturated rings. The first-order valence-electron chi connectivity index (χ1n) is 10.7. The van der Waals surface area contributed by atoms with Crippen molar-refractivity contribution in [3.63, 3.8) is 0 Å². The number of amides is 1. The van der Waals surface area contributed by atoms with E-state index >= 15 is 0 Å². The van der Waals surface area contributed by atoms with Crippen molar-refractivity contribution in [3.05, 3.63) is 53.1 Å². The number of ether oxygens (including phenoxy) is 1. The number of aryl methyl sites for hydroxylation is 2. The number of hydrogen-bond acceptors (Lipinski definition) is 5. The monoisotopic (exact) mass is 392 g/mol. The molecule has 1 atom stereocenters. The highest BCUT2D eigenvalue weighted by molar-refractivity contribution is 5.94. The summed E-state index contributed by atoms with van der Waals surface area (Å²) >= 11 is 0. The van der Waals surface area contributed by atoms with Crippen molar-refractivity contribution in [2.75, 3.05) is 44.3 Å². The zero-order valence-corrected chi connectivity index (χ0v) is 17.1. The van der Waals surface area contributed by atoms with Crippen molar-refractivity contribution in [3.8, 4) is 0 Å². The highest BCUT2D eigenvalue weighted by Gasteiger charge is 2.44. The van der Waals surface area contributed by atoms with Crippen LogP contribution in [0.1, 0.15) is 46.7 Å². The van der Waals surface area contributed by atoms with E-state index in [-0.39, 0.29) is 11.3 Å². The van der Waals surface area contributed by atoms with Gasteiger partial charge in [0, 0.05) is 49.0 Å². The summed E-state index contributed by atoms with van der Waals surface area (Å²) in [6.07, 6.45) is 6.21. The number of carbonyl (C=O) groups is 1. The molecule has 0 saturated carbocycles. The smallest absolute Gasteiger partial charge is 0.253 e. The number of morpholine rings is 1. The highest BCUT2D eigenvalue weighted by atomic mass is 16.5. The molecule has 2 saturated heterocycles. The minimum absolute atomic E-state index is 0.00465. The minimum atomic E-state index is 0.00465. The van der Waals surface area contributed by atoms with Gasteiger partial charge >= 0.3 is 0 Å². The second kappa shape index (κ2) is 7.41. The van der Waals surface area contributed by atoms with Crippen molar-refractivity contribution in [2.45, 2.75) is 38.0 Å². The second-order valence-electron chi connectivity index (χ2n) is 8.55. The van der Waals surface area contributed by atoms with Crippen molar-refractivity contribution < 1.29 is 9.53 Å². The Morgan fingerprint density at radius 1 is 1.10 bits per heavy atom. The molecule has 0 N–H and O–H groups in total. The topological polar surface area (TPSA) is 58.6 Å². The predicted octanol–water partition coefficient (Wildman–Crippen LogP) is 2.74. The van der Waals surface area contributed by atoms with Gasteiger partial charge in [0.15, 0.2) is 0 Å². The quantitative estimate of drug-likeness (QED) is 0.787. The maximum Gasteiger partial charge on any atom is 0.253 e. The van der Waals surface area contributed by atoms with Crippen LogP contribution in [0.5, 0.6) is 0 Å². The van der Waals surface area contributed by atoms with Crippen LogP contribution in [-0.2, 0) is 16.6 Å². The second-order valence-corrected chi connectivity index (χ2v) is 8.55. The van der Waals surface area contributed by atoms with Gasteiger partial charge in [-0.25, -0.2) is 9.97 Å². The molecule has 1 spiro atoms. The van der Waals surface area contributed by atoms with E-state index in [0.29, 0.717) is 0 Å². The minimum Gasteiger partial charge on any atom is -0.378 e. The number of aromatic nitrogens is 2. The van der Waals surface area contributed by atoms with Gasteiger partial charge in [-0.2, -0.15) is 0 Å². The molecule has 2 aromatic rings. The van der Waals surface area contributed by atoms with Crippen LogP contribution in [0.3, 0.4) is 0 Å². The third-order valence-electron chi connectivity index (χ3n) is 6.71. The number of anilines is 1. The largest absolute Gasteiger partial charge is 0.378 e. The molecule has 6 nitrogen and oxygen atoms in total. The summed E-state index contributed by atoms with van der Waals surface area (Å²) in [7, 11) is 0. The van der Waals surface area contributed by atoms with E-state index in [1.165, 1.54) is 11.3 Å². The average Bonchev–Trinajstić information content (AvgIpc) is 3.11. The fraction of sp³-hybridized carbons (Fsp3) is 0.522. The first kappa shape index (κ1) is 18.6. The van der Waals surface area contributed by atoms with E-state index < -0.39 is 0 Å². The maximum atomic E-state index is 13.3. The molecule has 1 aliphatic carbocycles. The Morgan fingerprint density at radius 3 is 2.69 bits per heavy atom. The SMILES string of the molecule is Cc1ncc2c(n1)C1(CCCN(C(=O)c3ccc(N4CCOCC4)cc3)C1)CC2. The van der Waals surface area contributed by atoms with Crippen LogP contribution in [0.25, 0.3) is 0 Å². The van der Waals surface area contributed by atoms with Gasteiger partial charge in [-0.1, -0.05) is 0 Å². The lowest BCUT2D eigenvalue weighted by molar-refractivity contribution is 0.0633. The number of rotatable bonds is 2. The Balaban J connectivity index is 1.34. The van der Waals surface area contributed by atoms with Gasteiger partial charge in [0.1, 0.15) is 5.82 Å². The molecular weight excluding hydrogens is 364 g/mol. The molecule has 3 aliphatic rings. The third kappa shape index (κ3) is 3.39. The molecule has 0 bridgehead atoms. The summed E-state index contributed by atoms with van der Waals surface area (Å²) in [6, 6.07) is 8.09. The molecule has 29 heavy (non-hydrogen) atoms. The fourth-order valence-corrected chi connectivity index (χ4v) is 5.15. The molecule has 1 unspecified atom stereocenters. The maximum absolute atomic E-state index is 13.3. The van der Waals surface area contributed by atoms with E-state index in [1.807, 2.05) is 30.2 Å². The summed E-state index contributed by atoms with van der Waals surface area (Å²) in [5.41, 5.74) is 4.39. The Morgan fingerprint density at radius 2 is 1.90 bits per heavy atom. The Labute approximate surface area is 171 Å². The van der Waals surface area contributed by atoms with E-state index in [2.05, 4.69) is 22.0 Å². The van der Waals surface area contributed by atoms with Gasteiger partial charge in [-0.3, -0.25) is 4.79 Å². The molecule has 1 aromatic heterocycles. The summed E-state index contributed by atoms with van der Waals surface area (Å²) in [6.45, 7) is 6.88. The van der Waals surface area contributed by atoms with Gasteiger partial charge in [-0.05, 0) is 62.4 Å². The van der Waals surface area contributed by atoms with Gasteiger partial charge in [0.2, 0.25) is 0 Å². The van der Waals surface area contributed by atoms with Gasteiger partial charge in [-0.15, -0.1) is 0 Å². The molecule has 5 rings (SSSR count). The zero-order valence-electron chi connectivity index (χ0n) is 17.1. The van der Waals surface area contributed by atoms with E-state index in [9.17, 15) is 4.79 Å².